The molecular weight excluding hydrogens is 252 g/mol. The van der Waals surface area contributed by atoms with Gasteiger partial charge in [-0.1, -0.05) is 19.9 Å². The highest BCUT2D eigenvalue weighted by Crippen LogP contribution is 2.17. The molecule has 0 bridgehead atoms. The molecule has 0 radical (unpaired) electrons. The summed E-state index contributed by atoms with van der Waals surface area (Å²) in [5.74, 6) is 1.91. The Labute approximate surface area is 119 Å². The number of likely N-dealkylation sites (N-methyl/N-ethyl adjacent to an activating group) is 1. The van der Waals surface area contributed by atoms with Gasteiger partial charge in [0, 0.05) is 43.7 Å². The van der Waals surface area contributed by atoms with E-state index in [0.29, 0.717) is 6.54 Å². The van der Waals surface area contributed by atoms with Gasteiger partial charge in [-0.15, -0.1) is 0 Å². The van der Waals surface area contributed by atoms with Crippen molar-refractivity contribution in [3.63, 3.8) is 0 Å². The summed E-state index contributed by atoms with van der Waals surface area (Å²) >= 11 is 0. The van der Waals surface area contributed by atoms with E-state index in [9.17, 15) is 5.11 Å². The van der Waals surface area contributed by atoms with Crippen LogP contribution in [0.4, 0.5) is 5.82 Å². The first-order valence-electron chi connectivity index (χ1n) is 6.70. The van der Waals surface area contributed by atoms with Crippen LogP contribution in [0.15, 0.2) is 36.8 Å². The Morgan fingerprint density at radius 2 is 2.05 bits per heavy atom. The van der Waals surface area contributed by atoms with Crippen molar-refractivity contribution in [1.82, 2.24) is 15.0 Å². The first-order valence-corrected chi connectivity index (χ1v) is 6.70. The van der Waals surface area contributed by atoms with E-state index < -0.39 is 6.10 Å². The van der Waals surface area contributed by atoms with Crippen LogP contribution < -0.4 is 4.90 Å². The second-order valence-electron chi connectivity index (χ2n) is 5.11. The third-order valence-corrected chi connectivity index (χ3v) is 3.08. The van der Waals surface area contributed by atoms with Crippen LogP contribution in [0.1, 0.15) is 37.3 Å². The van der Waals surface area contributed by atoms with Gasteiger partial charge in [0.1, 0.15) is 11.6 Å². The number of aromatic nitrogens is 3. The van der Waals surface area contributed by atoms with E-state index in [1.54, 1.807) is 18.6 Å². The second-order valence-corrected chi connectivity index (χ2v) is 5.11. The number of aliphatic hydroxyl groups excluding tert-OH is 1. The summed E-state index contributed by atoms with van der Waals surface area (Å²) in [7, 11) is 1.91. The molecule has 0 aliphatic rings. The molecule has 0 aromatic carbocycles. The minimum atomic E-state index is -0.592. The molecule has 0 amide bonds. The van der Waals surface area contributed by atoms with Gasteiger partial charge in [-0.05, 0) is 12.1 Å². The van der Waals surface area contributed by atoms with Crippen LogP contribution >= 0.6 is 0 Å². The molecule has 0 aliphatic carbocycles. The third kappa shape index (κ3) is 3.51. The fourth-order valence-corrected chi connectivity index (χ4v) is 1.89. The molecule has 0 aliphatic heterocycles. The van der Waals surface area contributed by atoms with Crippen LogP contribution in [0, 0.1) is 0 Å². The summed E-state index contributed by atoms with van der Waals surface area (Å²) in [5.41, 5.74) is 0.803. The molecule has 2 heterocycles. The van der Waals surface area contributed by atoms with E-state index in [-0.39, 0.29) is 5.92 Å². The van der Waals surface area contributed by atoms with Crippen molar-refractivity contribution in [2.24, 2.45) is 0 Å². The fourth-order valence-electron chi connectivity index (χ4n) is 1.89. The SMILES string of the molecule is CC(C)c1nccc(N(C)C[C@H](O)c2cccnc2)n1. The quantitative estimate of drug-likeness (QED) is 0.903. The topological polar surface area (TPSA) is 62.1 Å². The molecule has 106 valence electrons. The van der Waals surface area contributed by atoms with Crippen LogP contribution in [-0.2, 0) is 0 Å². The highest BCUT2D eigenvalue weighted by Gasteiger charge is 2.13. The molecule has 5 nitrogen and oxygen atoms in total. The lowest BCUT2D eigenvalue weighted by atomic mass is 10.1. The minimum absolute atomic E-state index is 0.284. The maximum Gasteiger partial charge on any atom is 0.133 e. The average Bonchev–Trinajstić information content (AvgIpc) is 2.48. The van der Waals surface area contributed by atoms with Crippen LogP contribution in [0.3, 0.4) is 0 Å². The fraction of sp³-hybridized carbons (Fsp3) is 0.400. The summed E-state index contributed by atoms with van der Waals surface area (Å²) < 4.78 is 0. The summed E-state index contributed by atoms with van der Waals surface area (Å²) in [5, 5.41) is 10.2. The van der Waals surface area contributed by atoms with Gasteiger partial charge in [-0.3, -0.25) is 4.98 Å². The largest absolute Gasteiger partial charge is 0.386 e. The highest BCUT2D eigenvalue weighted by molar-refractivity contribution is 5.37. The van der Waals surface area contributed by atoms with E-state index in [4.69, 9.17) is 0 Å². The standard InChI is InChI=1S/C15H20N4O/c1-11(2)15-17-8-6-14(18-15)19(3)10-13(20)12-5-4-7-16-9-12/h4-9,11,13,20H,10H2,1-3H3/t13-/m0/s1. The molecule has 1 N–H and O–H groups in total. The van der Waals surface area contributed by atoms with Crippen LogP contribution in [0.25, 0.3) is 0 Å². The number of anilines is 1. The van der Waals surface area contributed by atoms with Crippen molar-refractivity contribution in [2.75, 3.05) is 18.5 Å². The highest BCUT2D eigenvalue weighted by atomic mass is 16.3. The van der Waals surface area contributed by atoms with Crippen molar-refractivity contribution in [2.45, 2.75) is 25.9 Å². The molecule has 0 spiro atoms. The molecule has 1 atom stereocenters. The maximum absolute atomic E-state index is 10.2. The molecule has 0 saturated heterocycles. The van der Waals surface area contributed by atoms with Gasteiger partial charge in [0.25, 0.3) is 0 Å². The summed E-state index contributed by atoms with van der Waals surface area (Å²) in [4.78, 5) is 14.7. The van der Waals surface area contributed by atoms with Gasteiger partial charge < -0.3 is 10.0 Å². The molecule has 2 rings (SSSR count). The Kier molecular flexibility index (Phi) is 4.63. The summed E-state index contributed by atoms with van der Waals surface area (Å²) in [6, 6.07) is 5.53. The Hall–Kier alpha value is -2.01. The first-order chi connectivity index (χ1) is 9.58. The molecule has 0 saturated carbocycles. The zero-order chi connectivity index (χ0) is 14.5. The smallest absolute Gasteiger partial charge is 0.133 e. The van der Waals surface area contributed by atoms with Gasteiger partial charge in [0.15, 0.2) is 0 Å². The van der Waals surface area contributed by atoms with E-state index in [2.05, 4.69) is 28.8 Å². The monoisotopic (exact) mass is 272 g/mol. The molecule has 2 aromatic rings. The molecule has 2 aromatic heterocycles. The van der Waals surface area contributed by atoms with E-state index >= 15 is 0 Å². The summed E-state index contributed by atoms with van der Waals surface area (Å²) in [6.45, 7) is 4.58. The van der Waals surface area contributed by atoms with Gasteiger partial charge in [-0.25, -0.2) is 9.97 Å². The molecular formula is C15H20N4O. The lowest BCUT2D eigenvalue weighted by Crippen LogP contribution is -2.25. The van der Waals surface area contributed by atoms with E-state index in [0.717, 1.165) is 17.2 Å². The molecule has 5 heteroatoms. The zero-order valence-corrected chi connectivity index (χ0v) is 12.1. The van der Waals surface area contributed by atoms with Crippen molar-refractivity contribution < 1.29 is 5.11 Å². The van der Waals surface area contributed by atoms with Crippen molar-refractivity contribution in [1.29, 1.82) is 0 Å². The Morgan fingerprint density at radius 1 is 1.25 bits per heavy atom. The number of hydrogen-bond acceptors (Lipinski definition) is 5. The zero-order valence-electron chi connectivity index (χ0n) is 12.1. The summed E-state index contributed by atoms with van der Waals surface area (Å²) in [6.07, 6.45) is 4.54. The third-order valence-electron chi connectivity index (χ3n) is 3.08. The average molecular weight is 272 g/mol. The second kappa shape index (κ2) is 6.43. The predicted molar refractivity (Wildman–Crippen MR) is 78.6 cm³/mol. The van der Waals surface area contributed by atoms with Crippen LogP contribution in [0.5, 0.6) is 0 Å². The number of pyridine rings is 1. The molecule has 0 fully saturated rings. The molecule has 0 unspecified atom stereocenters. The van der Waals surface area contributed by atoms with Crippen molar-refractivity contribution in [3.8, 4) is 0 Å². The predicted octanol–water partition coefficient (Wildman–Crippen LogP) is 2.16. The number of hydrogen-bond donors (Lipinski definition) is 1. The van der Waals surface area contributed by atoms with Gasteiger partial charge in [0.05, 0.1) is 6.10 Å². The van der Waals surface area contributed by atoms with Crippen LogP contribution in [0.2, 0.25) is 0 Å². The number of aliphatic hydroxyl groups is 1. The number of rotatable bonds is 5. The van der Waals surface area contributed by atoms with Gasteiger partial charge >= 0.3 is 0 Å². The van der Waals surface area contributed by atoms with Gasteiger partial charge in [0.2, 0.25) is 0 Å². The lowest BCUT2D eigenvalue weighted by molar-refractivity contribution is 0.184. The normalized spacial score (nSPS) is 12.4. The Balaban J connectivity index is 2.08. The van der Waals surface area contributed by atoms with Crippen LogP contribution in [-0.4, -0.2) is 33.7 Å². The van der Waals surface area contributed by atoms with E-state index in [1.807, 2.05) is 30.1 Å². The number of nitrogens with zero attached hydrogens (tertiary/aromatic N) is 4. The van der Waals surface area contributed by atoms with Gasteiger partial charge in [-0.2, -0.15) is 0 Å². The van der Waals surface area contributed by atoms with Crippen molar-refractivity contribution in [3.05, 3.63) is 48.2 Å². The maximum atomic E-state index is 10.2. The Morgan fingerprint density at radius 3 is 2.70 bits per heavy atom. The molecule has 20 heavy (non-hydrogen) atoms. The first kappa shape index (κ1) is 14.4. The Bertz CT molecular complexity index is 545. The van der Waals surface area contributed by atoms with Crippen molar-refractivity contribution >= 4 is 5.82 Å². The van der Waals surface area contributed by atoms with E-state index in [1.165, 1.54) is 0 Å². The minimum Gasteiger partial charge on any atom is -0.386 e. The lowest BCUT2D eigenvalue weighted by Gasteiger charge is -2.22.